The predicted molar refractivity (Wildman–Crippen MR) is 63.5 cm³/mol. The summed E-state index contributed by atoms with van der Waals surface area (Å²) in [5.74, 6) is 3.03. The standard InChI is InChI=1S/C13H19NO3/c1-8-6-11(8)12-5-4-10(17-12)7-14-9(2)13(15)16-3/h4-5,8-9,11,14H,6-7H2,1-3H3/t8?,9-,11?/m0/s1. The van der Waals surface area contributed by atoms with Crippen molar-refractivity contribution in [1.82, 2.24) is 5.32 Å². The number of hydrogen-bond donors (Lipinski definition) is 1. The smallest absolute Gasteiger partial charge is 0.322 e. The average molecular weight is 237 g/mol. The molecule has 2 unspecified atom stereocenters. The first-order chi connectivity index (χ1) is 8.11. The van der Waals surface area contributed by atoms with Crippen molar-refractivity contribution in [1.29, 1.82) is 0 Å². The molecule has 1 aromatic heterocycles. The largest absolute Gasteiger partial charge is 0.468 e. The van der Waals surface area contributed by atoms with E-state index in [9.17, 15) is 4.79 Å². The minimum Gasteiger partial charge on any atom is -0.468 e. The van der Waals surface area contributed by atoms with E-state index in [0.29, 0.717) is 12.5 Å². The summed E-state index contributed by atoms with van der Waals surface area (Å²) in [5, 5.41) is 3.07. The van der Waals surface area contributed by atoms with Gasteiger partial charge in [-0.05, 0) is 31.4 Å². The van der Waals surface area contributed by atoms with Crippen LogP contribution in [0.2, 0.25) is 0 Å². The van der Waals surface area contributed by atoms with Crippen LogP contribution in [0.15, 0.2) is 16.5 Å². The lowest BCUT2D eigenvalue weighted by Gasteiger charge is -2.09. The number of nitrogens with one attached hydrogen (secondary N) is 1. The van der Waals surface area contributed by atoms with Gasteiger partial charge in [0.1, 0.15) is 17.6 Å². The zero-order valence-corrected chi connectivity index (χ0v) is 10.5. The van der Waals surface area contributed by atoms with Crippen molar-refractivity contribution in [2.75, 3.05) is 7.11 Å². The predicted octanol–water partition coefficient (Wildman–Crippen LogP) is 2.05. The lowest BCUT2D eigenvalue weighted by Crippen LogP contribution is -2.34. The highest BCUT2D eigenvalue weighted by molar-refractivity contribution is 5.75. The molecular weight excluding hydrogens is 218 g/mol. The van der Waals surface area contributed by atoms with Gasteiger partial charge in [0.25, 0.3) is 0 Å². The third-order valence-electron chi connectivity index (χ3n) is 3.29. The maximum Gasteiger partial charge on any atom is 0.322 e. The minimum absolute atomic E-state index is 0.257. The molecule has 94 valence electrons. The Hall–Kier alpha value is -1.29. The van der Waals surface area contributed by atoms with Crippen LogP contribution < -0.4 is 5.32 Å². The molecule has 0 radical (unpaired) electrons. The zero-order valence-electron chi connectivity index (χ0n) is 10.5. The Labute approximate surface area is 101 Å². The van der Waals surface area contributed by atoms with E-state index in [2.05, 4.69) is 17.0 Å². The Morgan fingerprint density at radius 2 is 2.35 bits per heavy atom. The van der Waals surface area contributed by atoms with Crippen LogP contribution in [0.5, 0.6) is 0 Å². The Bertz CT molecular complexity index is 399. The number of ether oxygens (including phenoxy) is 1. The molecule has 4 nitrogen and oxygen atoms in total. The second-order valence-corrected chi connectivity index (χ2v) is 4.75. The van der Waals surface area contributed by atoms with E-state index in [1.165, 1.54) is 13.5 Å². The van der Waals surface area contributed by atoms with Crippen molar-refractivity contribution in [3.8, 4) is 0 Å². The van der Waals surface area contributed by atoms with Crippen LogP contribution in [0.1, 0.15) is 37.7 Å². The van der Waals surface area contributed by atoms with Crippen molar-refractivity contribution in [3.05, 3.63) is 23.7 Å². The molecule has 4 heteroatoms. The topological polar surface area (TPSA) is 51.5 Å². The molecule has 2 rings (SSSR count). The summed E-state index contributed by atoms with van der Waals surface area (Å²) < 4.78 is 10.4. The van der Waals surface area contributed by atoms with Gasteiger partial charge >= 0.3 is 5.97 Å². The molecule has 1 N–H and O–H groups in total. The Kier molecular flexibility index (Phi) is 3.52. The summed E-state index contributed by atoms with van der Waals surface area (Å²) >= 11 is 0. The highest BCUT2D eigenvalue weighted by atomic mass is 16.5. The summed E-state index contributed by atoms with van der Waals surface area (Å²) in [7, 11) is 1.39. The molecule has 1 saturated carbocycles. The number of carbonyl (C=O) groups is 1. The summed E-state index contributed by atoms with van der Waals surface area (Å²) in [6, 6.07) is 3.69. The molecule has 1 aliphatic rings. The molecule has 1 aliphatic carbocycles. The summed E-state index contributed by atoms with van der Waals surface area (Å²) in [5.41, 5.74) is 0. The molecule has 17 heavy (non-hydrogen) atoms. The van der Waals surface area contributed by atoms with E-state index >= 15 is 0 Å². The highest BCUT2D eigenvalue weighted by Crippen LogP contribution is 2.47. The molecule has 0 saturated heterocycles. The third-order valence-corrected chi connectivity index (χ3v) is 3.29. The van der Waals surface area contributed by atoms with E-state index in [0.717, 1.165) is 17.4 Å². The molecule has 0 aliphatic heterocycles. The van der Waals surface area contributed by atoms with Crippen molar-refractivity contribution >= 4 is 5.97 Å². The van der Waals surface area contributed by atoms with Gasteiger partial charge in [-0.25, -0.2) is 0 Å². The first-order valence-electron chi connectivity index (χ1n) is 6.01. The number of methoxy groups -OCH3 is 1. The maximum absolute atomic E-state index is 11.2. The van der Waals surface area contributed by atoms with E-state index in [1.807, 2.05) is 12.1 Å². The Morgan fingerprint density at radius 1 is 1.65 bits per heavy atom. The molecule has 0 amide bonds. The van der Waals surface area contributed by atoms with Crippen LogP contribution in [-0.4, -0.2) is 19.1 Å². The van der Waals surface area contributed by atoms with Crippen molar-refractivity contribution < 1.29 is 13.9 Å². The normalized spacial score (nSPS) is 24.4. The van der Waals surface area contributed by atoms with Crippen LogP contribution in [0.4, 0.5) is 0 Å². The van der Waals surface area contributed by atoms with E-state index in [-0.39, 0.29) is 12.0 Å². The first kappa shape index (κ1) is 12.2. The first-order valence-corrected chi connectivity index (χ1v) is 6.01. The molecular formula is C13H19NO3. The van der Waals surface area contributed by atoms with Gasteiger partial charge in [0.05, 0.1) is 13.7 Å². The maximum atomic E-state index is 11.2. The van der Waals surface area contributed by atoms with Crippen LogP contribution in [0.3, 0.4) is 0 Å². The molecule has 0 bridgehead atoms. The fourth-order valence-corrected chi connectivity index (χ4v) is 1.92. The second kappa shape index (κ2) is 4.92. The molecule has 0 aromatic carbocycles. The van der Waals surface area contributed by atoms with Gasteiger partial charge in [-0.3, -0.25) is 10.1 Å². The quantitative estimate of drug-likeness (QED) is 0.796. The molecule has 0 spiro atoms. The van der Waals surface area contributed by atoms with Gasteiger partial charge in [0, 0.05) is 5.92 Å². The monoisotopic (exact) mass is 237 g/mol. The summed E-state index contributed by atoms with van der Waals surface area (Å²) in [6.07, 6.45) is 1.22. The van der Waals surface area contributed by atoms with Gasteiger partial charge in [-0.15, -0.1) is 0 Å². The Morgan fingerprint density at radius 3 is 2.94 bits per heavy atom. The Balaban J connectivity index is 1.83. The molecule has 1 fully saturated rings. The number of hydrogen-bond acceptors (Lipinski definition) is 4. The van der Waals surface area contributed by atoms with Crippen molar-refractivity contribution in [2.24, 2.45) is 5.92 Å². The SMILES string of the molecule is COC(=O)[C@H](C)NCc1ccc(C2CC2C)o1. The number of carbonyl (C=O) groups excluding carboxylic acids is 1. The van der Waals surface area contributed by atoms with Gasteiger partial charge in [-0.1, -0.05) is 6.92 Å². The summed E-state index contributed by atoms with van der Waals surface area (Å²) in [4.78, 5) is 11.2. The highest BCUT2D eigenvalue weighted by Gasteiger charge is 2.36. The minimum atomic E-state index is -0.312. The van der Waals surface area contributed by atoms with E-state index in [1.54, 1.807) is 6.92 Å². The van der Waals surface area contributed by atoms with Crippen LogP contribution in [-0.2, 0) is 16.1 Å². The zero-order chi connectivity index (χ0) is 12.4. The van der Waals surface area contributed by atoms with Crippen LogP contribution >= 0.6 is 0 Å². The number of furan rings is 1. The van der Waals surface area contributed by atoms with Gasteiger partial charge in [0.2, 0.25) is 0 Å². The number of rotatable bonds is 5. The van der Waals surface area contributed by atoms with Crippen LogP contribution in [0.25, 0.3) is 0 Å². The van der Waals surface area contributed by atoms with E-state index in [4.69, 9.17) is 4.42 Å². The fraction of sp³-hybridized carbons (Fsp3) is 0.615. The number of esters is 1. The molecule has 1 aromatic rings. The summed E-state index contributed by atoms with van der Waals surface area (Å²) in [6.45, 7) is 4.56. The lowest BCUT2D eigenvalue weighted by atomic mass is 10.3. The average Bonchev–Trinajstić information content (AvgIpc) is 2.89. The van der Waals surface area contributed by atoms with Gasteiger partial charge in [-0.2, -0.15) is 0 Å². The van der Waals surface area contributed by atoms with Crippen LogP contribution in [0, 0.1) is 5.92 Å². The van der Waals surface area contributed by atoms with Gasteiger partial charge < -0.3 is 9.15 Å². The van der Waals surface area contributed by atoms with Gasteiger partial charge in [0.15, 0.2) is 0 Å². The van der Waals surface area contributed by atoms with E-state index < -0.39 is 0 Å². The lowest BCUT2D eigenvalue weighted by molar-refractivity contribution is -0.142. The van der Waals surface area contributed by atoms with Crippen molar-refractivity contribution in [2.45, 2.75) is 38.8 Å². The van der Waals surface area contributed by atoms with Crippen molar-refractivity contribution in [3.63, 3.8) is 0 Å². The third kappa shape index (κ3) is 2.88. The molecule has 1 heterocycles. The second-order valence-electron chi connectivity index (χ2n) is 4.75. The molecule has 3 atom stereocenters. The fourth-order valence-electron chi connectivity index (χ4n) is 1.92.